The van der Waals surface area contributed by atoms with Gasteiger partial charge >= 0.3 is 12.0 Å². The van der Waals surface area contributed by atoms with Gasteiger partial charge in [-0.15, -0.1) is 0 Å². The van der Waals surface area contributed by atoms with Gasteiger partial charge in [0, 0.05) is 32.2 Å². The number of nitrogens with one attached hydrogen (secondary N) is 1. The molecular weight excluding hydrogens is 260 g/mol. The molecule has 0 saturated carbocycles. The molecule has 0 aromatic rings. The van der Waals surface area contributed by atoms with Crippen LogP contribution in [0, 0.1) is 11.3 Å². The van der Waals surface area contributed by atoms with E-state index in [-0.39, 0.29) is 12.1 Å². The minimum Gasteiger partial charge on any atom is -0.481 e. The largest absolute Gasteiger partial charge is 0.481 e. The van der Waals surface area contributed by atoms with Gasteiger partial charge in [-0.3, -0.25) is 4.79 Å². The molecule has 114 valence electrons. The minimum atomic E-state index is -0.798. The SMILES string of the molecule is CCC1(C(=O)O)CCN(C(=O)NCC2CCOC2C)C1. The highest BCUT2D eigenvalue weighted by Crippen LogP contribution is 2.34. The summed E-state index contributed by atoms with van der Waals surface area (Å²) in [4.78, 5) is 25.1. The summed E-state index contributed by atoms with van der Waals surface area (Å²) >= 11 is 0. The molecule has 2 fully saturated rings. The van der Waals surface area contributed by atoms with Crippen LogP contribution >= 0.6 is 0 Å². The molecular formula is C14H24N2O4. The Morgan fingerprint density at radius 2 is 2.25 bits per heavy atom. The fraction of sp³-hybridized carbons (Fsp3) is 0.857. The van der Waals surface area contributed by atoms with Crippen LogP contribution in [0.3, 0.4) is 0 Å². The molecule has 0 aliphatic carbocycles. The van der Waals surface area contributed by atoms with Gasteiger partial charge in [-0.1, -0.05) is 6.92 Å². The van der Waals surface area contributed by atoms with Crippen LogP contribution in [-0.4, -0.2) is 54.4 Å². The number of carboxylic acids is 1. The summed E-state index contributed by atoms with van der Waals surface area (Å²) in [6, 6.07) is -0.152. The average molecular weight is 284 g/mol. The van der Waals surface area contributed by atoms with Crippen molar-refractivity contribution in [2.45, 2.75) is 39.2 Å². The molecule has 2 aliphatic rings. The van der Waals surface area contributed by atoms with Gasteiger partial charge in [0.2, 0.25) is 0 Å². The van der Waals surface area contributed by atoms with Crippen LogP contribution in [-0.2, 0) is 9.53 Å². The van der Waals surface area contributed by atoms with Crippen molar-refractivity contribution in [3.63, 3.8) is 0 Å². The number of rotatable bonds is 4. The Bertz CT molecular complexity index is 387. The molecule has 2 heterocycles. The summed E-state index contributed by atoms with van der Waals surface area (Å²) in [5, 5.41) is 12.2. The first-order chi connectivity index (χ1) is 9.48. The maximum Gasteiger partial charge on any atom is 0.317 e. The zero-order valence-corrected chi connectivity index (χ0v) is 12.2. The summed E-state index contributed by atoms with van der Waals surface area (Å²) in [6.45, 7) is 6.06. The molecule has 2 rings (SSSR count). The van der Waals surface area contributed by atoms with Gasteiger partial charge in [-0.2, -0.15) is 0 Å². The Kier molecular flexibility index (Phi) is 4.52. The predicted molar refractivity (Wildman–Crippen MR) is 73.5 cm³/mol. The van der Waals surface area contributed by atoms with E-state index in [1.165, 1.54) is 0 Å². The van der Waals surface area contributed by atoms with Gasteiger partial charge in [-0.05, 0) is 26.2 Å². The molecule has 3 atom stereocenters. The standard InChI is InChI=1S/C14H24N2O4/c1-3-14(12(17)18)5-6-16(9-14)13(19)15-8-11-4-7-20-10(11)2/h10-11H,3-9H2,1-2H3,(H,15,19)(H,17,18). The van der Waals surface area contributed by atoms with Crippen LogP contribution in [0.25, 0.3) is 0 Å². The van der Waals surface area contributed by atoms with Gasteiger partial charge in [-0.25, -0.2) is 4.79 Å². The fourth-order valence-corrected chi connectivity index (χ4v) is 3.03. The van der Waals surface area contributed by atoms with Crippen molar-refractivity contribution in [3.05, 3.63) is 0 Å². The maximum atomic E-state index is 12.1. The Labute approximate surface area is 119 Å². The number of likely N-dealkylation sites (tertiary alicyclic amines) is 1. The first-order valence-electron chi connectivity index (χ1n) is 7.36. The summed E-state index contributed by atoms with van der Waals surface area (Å²) in [6.07, 6.45) is 2.24. The number of urea groups is 1. The van der Waals surface area contributed by atoms with Crippen molar-refractivity contribution in [1.29, 1.82) is 0 Å². The zero-order valence-electron chi connectivity index (χ0n) is 12.2. The molecule has 0 bridgehead atoms. The van der Waals surface area contributed by atoms with Crippen LogP contribution in [0.1, 0.15) is 33.1 Å². The van der Waals surface area contributed by atoms with E-state index >= 15 is 0 Å². The second-order valence-electron chi connectivity index (χ2n) is 5.92. The van der Waals surface area contributed by atoms with Gasteiger partial charge in [0.25, 0.3) is 0 Å². The third-order valence-corrected chi connectivity index (χ3v) is 4.82. The molecule has 0 spiro atoms. The number of carbonyl (C=O) groups excluding carboxylic acids is 1. The van der Waals surface area contributed by atoms with E-state index < -0.39 is 11.4 Å². The van der Waals surface area contributed by atoms with Crippen molar-refractivity contribution in [2.24, 2.45) is 11.3 Å². The van der Waals surface area contributed by atoms with Crippen LogP contribution in [0.5, 0.6) is 0 Å². The van der Waals surface area contributed by atoms with Crippen LogP contribution in [0.4, 0.5) is 4.79 Å². The molecule has 2 aliphatic heterocycles. The quantitative estimate of drug-likeness (QED) is 0.816. The molecule has 0 aromatic carbocycles. The third-order valence-electron chi connectivity index (χ3n) is 4.82. The Morgan fingerprint density at radius 1 is 1.50 bits per heavy atom. The fourth-order valence-electron chi connectivity index (χ4n) is 3.03. The monoisotopic (exact) mass is 284 g/mol. The number of ether oxygens (including phenoxy) is 1. The van der Waals surface area contributed by atoms with Crippen molar-refractivity contribution >= 4 is 12.0 Å². The highest BCUT2D eigenvalue weighted by molar-refractivity contribution is 5.79. The molecule has 2 amide bonds. The number of aliphatic carboxylic acids is 1. The van der Waals surface area contributed by atoms with E-state index in [2.05, 4.69) is 5.32 Å². The van der Waals surface area contributed by atoms with E-state index in [0.717, 1.165) is 13.0 Å². The highest BCUT2D eigenvalue weighted by atomic mass is 16.5. The lowest BCUT2D eigenvalue weighted by molar-refractivity contribution is -0.148. The van der Waals surface area contributed by atoms with Gasteiger partial charge in [0.15, 0.2) is 0 Å². The average Bonchev–Trinajstić information content (AvgIpc) is 3.03. The van der Waals surface area contributed by atoms with Gasteiger partial charge < -0.3 is 20.1 Å². The molecule has 0 aromatic heterocycles. The molecule has 2 saturated heterocycles. The van der Waals surface area contributed by atoms with Gasteiger partial charge in [0.05, 0.1) is 11.5 Å². The van der Waals surface area contributed by atoms with Crippen molar-refractivity contribution in [2.75, 3.05) is 26.2 Å². The highest BCUT2D eigenvalue weighted by Gasteiger charge is 2.44. The number of amides is 2. The number of hydrogen-bond acceptors (Lipinski definition) is 3. The number of hydrogen-bond donors (Lipinski definition) is 2. The van der Waals surface area contributed by atoms with E-state index in [1.54, 1.807) is 4.90 Å². The first-order valence-corrected chi connectivity index (χ1v) is 7.36. The van der Waals surface area contributed by atoms with Crippen molar-refractivity contribution < 1.29 is 19.4 Å². The Balaban J connectivity index is 1.83. The minimum absolute atomic E-state index is 0.152. The van der Waals surface area contributed by atoms with Gasteiger partial charge in [0.1, 0.15) is 0 Å². The number of nitrogens with zero attached hydrogens (tertiary/aromatic N) is 1. The number of carboxylic acid groups (broad SMARTS) is 1. The summed E-state index contributed by atoms with van der Waals surface area (Å²) in [7, 11) is 0. The molecule has 6 nitrogen and oxygen atoms in total. The van der Waals surface area contributed by atoms with E-state index in [1.807, 2.05) is 13.8 Å². The second kappa shape index (κ2) is 5.99. The lowest BCUT2D eigenvalue weighted by atomic mass is 9.84. The lowest BCUT2D eigenvalue weighted by Gasteiger charge is -2.24. The van der Waals surface area contributed by atoms with Crippen molar-refractivity contribution in [3.8, 4) is 0 Å². The molecule has 0 radical (unpaired) electrons. The molecule has 6 heteroatoms. The first kappa shape index (κ1) is 15.1. The molecule has 20 heavy (non-hydrogen) atoms. The predicted octanol–water partition coefficient (Wildman–Crippen LogP) is 1.31. The Hall–Kier alpha value is -1.30. The van der Waals surface area contributed by atoms with E-state index in [9.17, 15) is 14.7 Å². The third kappa shape index (κ3) is 2.90. The van der Waals surface area contributed by atoms with Crippen molar-refractivity contribution in [1.82, 2.24) is 10.2 Å². The summed E-state index contributed by atoms with van der Waals surface area (Å²) < 4.78 is 5.46. The van der Waals surface area contributed by atoms with Crippen LogP contribution < -0.4 is 5.32 Å². The van der Waals surface area contributed by atoms with Crippen LogP contribution in [0.15, 0.2) is 0 Å². The maximum absolute atomic E-state index is 12.1. The smallest absolute Gasteiger partial charge is 0.317 e. The Morgan fingerprint density at radius 3 is 2.75 bits per heavy atom. The summed E-state index contributed by atoms with van der Waals surface area (Å²) in [5.41, 5.74) is -0.763. The normalized spacial score (nSPS) is 33.4. The number of carbonyl (C=O) groups is 2. The van der Waals surface area contributed by atoms with E-state index in [4.69, 9.17) is 4.74 Å². The van der Waals surface area contributed by atoms with E-state index in [0.29, 0.717) is 38.4 Å². The summed E-state index contributed by atoms with van der Waals surface area (Å²) in [5.74, 6) is -0.440. The second-order valence-corrected chi connectivity index (χ2v) is 5.92. The van der Waals surface area contributed by atoms with Crippen LogP contribution in [0.2, 0.25) is 0 Å². The topological polar surface area (TPSA) is 78.9 Å². The zero-order chi connectivity index (χ0) is 14.8. The molecule has 2 N–H and O–H groups in total. The lowest BCUT2D eigenvalue weighted by Crippen LogP contribution is -2.43. The molecule has 3 unspecified atom stereocenters.